The Hall–Kier alpha value is -1.95. The topological polar surface area (TPSA) is 206 Å². The number of aromatic nitrogens is 7. The molecule has 16 nitrogen and oxygen atoms in total. The van der Waals surface area contributed by atoms with Crippen LogP contribution in [0.3, 0.4) is 0 Å². The number of ether oxygens (including phenoxy) is 1. The number of rotatable bonds is 11. The quantitative estimate of drug-likeness (QED) is 0.0893. The summed E-state index contributed by atoms with van der Waals surface area (Å²) in [6.45, 7) is -7.22. The SMILES string of the molecule is COP(=O)(S)OCCn1c(COP(O)(=S)OC2CCOC2[n+]2c[nH]c3c(=O)[nH]c(N)nc32)nc2cc(Cl)cnc21. The highest BCUT2D eigenvalue weighted by Gasteiger charge is 2.39. The Kier molecular flexibility index (Phi) is 8.67. The minimum atomic E-state index is -3.85. The van der Waals surface area contributed by atoms with Crippen LogP contribution in [-0.4, -0.2) is 60.8 Å². The molecule has 4 aromatic heterocycles. The van der Waals surface area contributed by atoms with Crippen LogP contribution in [0, 0.1) is 0 Å². The summed E-state index contributed by atoms with van der Waals surface area (Å²) in [7, 11) is 1.22. The van der Waals surface area contributed by atoms with Gasteiger partial charge >= 0.3 is 19.2 Å². The zero-order valence-electron chi connectivity index (χ0n) is 20.7. The molecule has 4 atom stereocenters. The smallest absolute Gasteiger partial charge is 0.355 e. The van der Waals surface area contributed by atoms with Crippen molar-refractivity contribution in [2.45, 2.75) is 31.9 Å². The number of nitrogens with one attached hydrogen (secondary N) is 2. The number of hydrogen-bond acceptors (Lipinski definition) is 12. The van der Waals surface area contributed by atoms with Crippen molar-refractivity contribution >= 4 is 77.4 Å². The first-order valence-electron chi connectivity index (χ1n) is 11.6. The summed E-state index contributed by atoms with van der Waals surface area (Å²) in [6, 6.07) is 1.61. The van der Waals surface area contributed by atoms with E-state index in [1.807, 2.05) is 0 Å². The third-order valence-electron chi connectivity index (χ3n) is 5.85. The van der Waals surface area contributed by atoms with Gasteiger partial charge in [-0.1, -0.05) is 28.8 Å². The Labute approximate surface area is 241 Å². The predicted molar refractivity (Wildman–Crippen MR) is 149 cm³/mol. The summed E-state index contributed by atoms with van der Waals surface area (Å²) >= 11 is 15.2. The molecule has 1 fully saturated rings. The number of halogens is 1. The lowest BCUT2D eigenvalue weighted by Crippen LogP contribution is -2.44. The molecule has 4 aromatic rings. The largest absolute Gasteiger partial charge is 0.385 e. The summed E-state index contributed by atoms with van der Waals surface area (Å²) in [4.78, 5) is 41.3. The molecule has 0 spiro atoms. The van der Waals surface area contributed by atoms with Crippen LogP contribution < -0.4 is 15.9 Å². The molecule has 5 N–H and O–H groups in total. The molecule has 0 aliphatic carbocycles. The van der Waals surface area contributed by atoms with Crippen LogP contribution in [0.2, 0.25) is 5.02 Å². The third-order valence-corrected chi connectivity index (χ3v) is 9.43. The van der Waals surface area contributed by atoms with E-state index in [0.29, 0.717) is 35.0 Å². The standard InChI is InChI=1S/C19H23ClN8O8P2S2/c1-32-37(30,39)34-5-3-27-13(24-11-6-10(20)7-22-15(11)27)8-35-38(31,40)36-12-2-4-33-18(12)28-9-23-14-16(28)25-19(21)26-17(14)29/h6-7,9,12,18H,2-5,8H2,1H3,(H5,21,25,26,29,30,31,39,40)/p+1. The number of anilines is 1. The van der Waals surface area contributed by atoms with E-state index in [4.69, 9.17) is 52.0 Å². The number of fused-ring (bicyclic) bond motifs is 2. The molecule has 5 heterocycles. The maximum Gasteiger partial charge on any atom is 0.385 e. The van der Waals surface area contributed by atoms with E-state index < -0.39 is 31.4 Å². The molecule has 0 bridgehead atoms. The Bertz CT molecular complexity index is 1720. The van der Waals surface area contributed by atoms with E-state index in [-0.39, 0.29) is 36.9 Å². The molecular formula is C19H24ClN8O8P2S2+. The highest BCUT2D eigenvalue weighted by molar-refractivity contribution is 8.44. The fourth-order valence-corrected chi connectivity index (χ4v) is 6.32. The molecule has 5 rings (SSSR count). The van der Waals surface area contributed by atoms with Gasteiger partial charge < -0.3 is 29.0 Å². The first-order chi connectivity index (χ1) is 19.0. The maximum absolute atomic E-state index is 12.2. The molecule has 216 valence electrons. The van der Waals surface area contributed by atoms with Gasteiger partial charge in [0.05, 0.1) is 18.2 Å². The summed E-state index contributed by atoms with van der Waals surface area (Å²) in [5, 5.41) is 0.371. The number of thiol groups is 1. The second-order valence-electron chi connectivity index (χ2n) is 8.43. The van der Waals surface area contributed by atoms with Crippen LogP contribution in [0.1, 0.15) is 18.5 Å². The Morgan fingerprint density at radius 3 is 3.00 bits per heavy atom. The molecule has 40 heavy (non-hydrogen) atoms. The minimum Gasteiger partial charge on any atom is -0.355 e. The molecule has 1 aliphatic heterocycles. The van der Waals surface area contributed by atoms with Crippen LogP contribution in [-0.2, 0) is 52.4 Å². The summed E-state index contributed by atoms with van der Waals surface area (Å²) in [5.74, 6) is 0.260. The lowest BCUT2D eigenvalue weighted by Gasteiger charge is -2.22. The monoisotopic (exact) mass is 653 g/mol. The highest BCUT2D eigenvalue weighted by atomic mass is 35.5. The van der Waals surface area contributed by atoms with E-state index in [1.165, 1.54) is 19.6 Å². The van der Waals surface area contributed by atoms with Crippen molar-refractivity contribution in [3.63, 3.8) is 0 Å². The number of aromatic amines is 2. The third kappa shape index (κ3) is 6.42. The van der Waals surface area contributed by atoms with Crippen LogP contribution in [0.15, 0.2) is 23.4 Å². The summed E-state index contributed by atoms with van der Waals surface area (Å²) in [5.41, 5.74) is 6.60. The fourth-order valence-electron chi connectivity index (χ4n) is 4.12. The molecule has 0 aromatic carbocycles. The van der Waals surface area contributed by atoms with Crippen LogP contribution in [0.4, 0.5) is 5.95 Å². The zero-order valence-corrected chi connectivity index (χ0v) is 24.9. The Morgan fingerprint density at radius 2 is 2.23 bits per heavy atom. The van der Waals surface area contributed by atoms with Crippen molar-refractivity contribution in [3.05, 3.63) is 39.8 Å². The average molecular weight is 654 g/mol. The van der Waals surface area contributed by atoms with Crippen molar-refractivity contribution in [1.82, 2.24) is 29.5 Å². The molecule has 0 saturated carbocycles. The summed E-state index contributed by atoms with van der Waals surface area (Å²) < 4.78 is 42.4. The van der Waals surface area contributed by atoms with Crippen molar-refractivity contribution in [2.24, 2.45) is 0 Å². The number of imidazole rings is 2. The Morgan fingerprint density at radius 1 is 1.43 bits per heavy atom. The molecule has 0 radical (unpaired) electrons. The zero-order chi connectivity index (χ0) is 28.7. The van der Waals surface area contributed by atoms with Crippen molar-refractivity contribution < 1.29 is 36.9 Å². The summed E-state index contributed by atoms with van der Waals surface area (Å²) in [6.07, 6.45) is 1.83. The second kappa shape index (κ2) is 11.7. The van der Waals surface area contributed by atoms with Gasteiger partial charge in [-0.2, -0.15) is 0 Å². The van der Waals surface area contributed by atoms with Gasteiger partial charge in [-0.25, -0.2) is 19.1 Å². The average Bonchev–Trinajstić information content (AvgIpc) is 3.59. The molecule has 21 heteroatoms. The number of nitrogens with two attached hydrogens (primary N) is 1. The molecule has 1 aliphatic rings. The number of hydrogen-bond donors (Lipinski definition) is 5. The van der Waals surface area contributed by atoms with E-state index in [2.05, 4.69) is 37.2 Å². The van der Waals surface area contributed by atoms with Crippen LogP contribution in [0.5, 0.6) is 0 Å². The van der Waals surface area contributed by atoms with Gasteiger partial charge in [0.1, 0.15) is 24.1 Å². The van der Waals surface area contributed by atoms with Gasteiger partial charge in [0.15, 0.2) is 12.0 Å². The predicted octanol–water partition coefficient (Wildman–Crippen LogP) is 1.96. The molecule has 1 saturated heterocycles. The maximum atomic E-state index is 12.2. The highest BCUT2D eigenvalue weighted by Crippen LogP contribution is 2.52. The number of H-pyrrole nitrogens is 2. The lowest BCUT2D eigenvalue weighted by atomic mass is 10.3. The lowest BCUT2D eigenvalue weighted by molar-refractivity contribution is -0.742. The van der Waals surface area contributed by atoms with Gasteiger partial charge in [0.2, 0.25) is 11.7 Å². The van der Waals surface area contributed by atoms with Gasteiger partial charge in [-0.05, 0) is 17.9 Å². The number of pyridine rings is 1. The van der Waals surface area contributed by atoms with Crippen molar-refractivity contribution in [1.29, 1.82) is 0 Å². The van der Waals surface area contributed by atoms with E-state index in [1.54, 1.807) is 15.2 Å². The van der Waals surface area contributed by atoms with E-state index >= 15 is 0 Å². The fraction of sp³-hybridized carbons (Fsp3) is 0.421. The van der Waals surface area contributed by atoms with Gasteiger partial charge in [0, 0.05) is 26.3 Å². The first kappa shape index (κ1) is 29.5. The van der Waals surface area contributed by atoms with Crippen molar-refractivity contribution in [2.75, 3.05) is 26.1 Å². The van der Waals surface area contributed by atoms with E-state index in [9.17, 15) is 14.3 Å². The van der Waals surface area contributed by atoms with Gasteiger partial charge in [-0.15, -0.1) is 0 Å². The molecule has 4 unspecified atom stereocenters. The Balaban J connectivity index is 1.32. The van der Waals surface area contributed by atoms with Gasteiger partial charge in [0.25, 0.3) is 11.5 Å². The normalized spacial score (nSPS) is 20.7. The second-order valence-corrected chi connectivity index (χ2v) is 14.7. The van der Waals surface area contributed by atoms with Crippen molar-refractivity contribution in [3.8, 4) is 0 Å². The van der Waals surface area contributed by atoms with E-state index in [0.717, 1.165) is 0 Å². The molecule has 0 amide bonds. The van der Waals surface area contributed by atoms with Crippen LogP contribution in [0.25, 0.3) is 22.3 Å². The first-order valence-corrected chi connectivity index (χ1v) is 17.2. The van der Waals surface area contributed by atoms with Gasteiger partial charge in [-0.3, -0.25) is 23.8 Å². The number of nitrogen functional groups attached to an aromatic ring is 1. The van der Waals surface area contributed by atoms with Crippen LogP contribution >= 0.6 is 37.4 Å². The molecular weight excluding hydrogens is 630 g/mol. The minimum absolute atomic E-state index is 0.0501. The number of nitrogens with zero attached hydrogens (tertiary/aromatic N) is 5.